The predicted octanol–water partition coefficient (Wildman–Crippen LogP) is 0.674. The van der Waals surface area contributed by atoms with Crippen molar-refractivity contribution in [3.05, 3.63) is 35.1 Å². The quantitative estimate of drug-likeness (QED) is 0.594. The van der Waals surface area contributed by atoms with Gasteiger partial charge in [0.15, 0.2) is 17.2 Å². The number of nitrogens with zero attached hydrogens (tertiary/aromatic N) is 5. The highest BCUT2D eigenvalue weighted by Crippen LogP contribution is 2.18. The van der Waals surface area contributed by atoms with Gasteiger partial charge in [0.25, 0.3) is 0 Å². The van der Waals surface area contributed by atoms with Crippen LogP contribution in [0.25, 0.3) is 28.5 Å². The topological polar surface area (TPSA) is 103 Å². The smallest absolute Gasteiger partial charge is 0.343 e. The number of H-pyrrole nitrogens is 1. The van der Waals surface area contributed by atoms with Crippen LogP contribution in [0.5, 0.6) is 0 Å². The van der Waals surface area contributed by atoms with Crippen LogP contribution in [0.4, 0.5) is 0 Å². The van der Waals surface area contributed by atoms with E-state index in [1.165, 1.54) is 4.68 Å². The first-order valence-electron chi connectivity index (χ1n) is 6.65. The number of rotatable bonds is 4. The Balaban J connectivity index is 1.91. The molecule has 0 unspecified atom stereocenters. The first-order chi connectivity index (χ1) is 10.8. The summed E-state index contributed by atoms with van der Waals surface area (Å²) < 4.78 is 13.5. The molecule has 0 radical (unpaired) electrons. The second-order valence-electron chi connectivity index (χ2n) is 4.67. The average Bonchev–Trinajstić information content (AvgIpc) is 3.20. The third-order valence-corrected chi connectivity index (χ3v) is 3.33. The number of ether oxygens (including phenoxy) is 1. The van der Waals surface area contributed by atoms with E-state index in [1.807, 2.05) is 0 Å². The van der Waals surface area contributed by atoms with Gasteiger partial charge in [-0.25, -0.2) is 24.0 Å². The molecule has 22 heavy (non-hydrogen) atoms. The molecule has 0 bridgehead atoms. The average molecular weight is 300 g/mol. The van der Waals surface area contributed by atoms with E-state index in [0.717, 1.165) is 0 Å². The molecule has 0 aliphatic carbocycles. The van der Waals surface area contributed by atoms with Gasteiger partial charge in [0, 0.05) is 7.11 Å². The molecule has 0 aliphatic rings. The molecule has 9 nitrogen and oxygen atoms in total. The Kier molecular flexibility index (Phi) is 2.79. The molecular formula is C13H12N6O3. The number of aromatic nitrogens is 6. The summed E-state index contributed by atoms with van der Waals surface area (Å²) in [6.45, 7) is 0.818. The largest absolute Gasteiger partial charge is 0.461 e. The lowest BCUT2D eigenvalue weighted by Crippen LogP contribution is -2.23. The summed E-state index contributed by atoms with van der Waals surface area (Å²) in [5.74, 6) is 1.43. The molecule has 0 aromatic carbocycles. The molecular weight excluding hydrogens is 288 g/mol. The maximum Gasteiger partial charge on any atom is 0.343 e. The molecule has 0 spiro atoms. The van der Waals surface area contributed by atoms with Gasteiger partial charge < -0.3 is 9.15 Å². The molecule has 9 heteroatoms. The van der Waals surface area contributed by atoms with Crippen molar-refractivity contribution >= 4 is 16.9 Å². The number of imidazole rings is 1. The van der Waals surface area contributed by atoms with Gasteiger partial charge in [-0.05, 0) is 12.1 Å². The minimum atomic E-state index is -0.253. The highest BCUT2D eigenvalue weighted by Gasteiger charge is 2.15. The van der Waals surface area contributed by atoms with E-state index in [-0.39, 0.29) is 5.69 Å². The molecule has 1 N–H and O–H groups in total. The third-order valence-electron chi connectivity index (χ3n) is 3.33. The van der Waals surface area contributed by atoms with Crippen LogP contribution in [0.1, 0.15) is 0 Å². The molecule has 0 amide bonds. The predicted molar refractivity (Wildman–Crippen MR) is 76.5 cm³/mol. The van der Waals surface area contributed by atoms with Crippen LogP contribution in [0.2, 0.25) is 0 Å². The lowest BCUT2D eigenvalue weighted by atomic mass is 10.4. The third kappa shape index (κ3) is 1.83. The van der Waals surface area contributed by atoms with Gasteiger partial charge in [-0.1, -0.05) is 0 Å². The summed E-state index contributed by atoms with van der Waals surface area (Å²) in [7, 11) is 1.58. The minimum absolute atomic E-state index is 0.253. The zero-order valence-corrected chi connectivity index (χ0v) is 11.7. The Bertz CT molecular complexity index is 994. The molecule has 0 saturated carbocycles. The molecule has 0 fully saturated rings. The first kappa shape index (κ1) is 12.8. The van der Waals surface area contributed by atoms with Crippen molar-refractivity contribution in [2.75, 3.05) is 13.7 Å². The summed E-state index contributed by atoms with van der Waals surface area (Å²) in [6.07, 6.45) is 3.18. The maximum absolute atomic E-state index is 11.9. The van der Waals surface area contributed by atoms with Gasteiger partial charge in [-0.2, -0.15) is 4.98 Å². The molecule has 4 rings (SSSR count). The fraction of sp³-hybridized carbons (Fsp3) is 0.231. The van der Waals surface area contributed by atoms with Crippen molar-refractivity contribution in [2.45, 2.75) is 6.54 Å². The van der Waals surface area contributed by atoms with E-state index in [0.29, 0.717) is 41.7 Å². The molecule has 0 aliphatic heterocycles. The number of nitrogens with one attached hydrogen (secondary N) is 1. The van der Waals surface area contributed by atoms with E-state index in [4.69, 9.17) is 9.15 Å². The Morgan fingerprint density at radius 3 is 3.09 bits per heavy atom. The van der Waals surface area contributed by atoms with Crippen molar-refractivity contribution in [1.29, 1.82) is 0 Å². The van der Waals surface area contributed by atoms with Crippen molar-refractivity contribution in [2.24, 2.45) is 0 Å². The summed E-state index contributed by atoms with van der Waals surface area (Å²) in [6, 6.07) is 3.54. The van der Waals surface area contributed by atoms with Crippen molar-refractivity contribution in [3.63, 3.8) is 0 Å². The molecule has 0 atom stereocenters. The second-order valence-corrected chi connectivity index (χ2v) is 4.67. The number of fused-ring (bicyclic) bond motifs is 3. The van der Waals surface area contributed by atoms with Crippen LogP contribution in [-0.4, -0.2) is 42.8 Å². The standard InChI is InChI=1S/C13H12N6O3/c1-21-6-4-18-13(20)17-12-16-10-8(19(12)18)7-14-11(15-10)9-3-2-5-22-9/h2-3,5,7H,4,6H2,1H3,(H,14,15,16,17,20). The molecule has 112 valence electrons. The zero-order valence-electron chi connectivity index (χ0n) is 11.7. The fourth-order valence-corrected chi connectivity index (χ4v) is 2.34. The van der Waals surface area contributed by atoms with Crippen molar-refractivity contribution < 1.29 is 9.15 Å². The molecule has 4 heterocycles. The van der Waals surface area contributed by atoms with Gasteiger partial charge in [0.05, 0.1) is 25.6 Å². The van der Waals surface area contributed by atoms with Gasteiger partial charge in [-0.3, -0.25) is 4.98 Å². The number of hydrogen-bond donors (Lipinski definition) is 1. The summed E-state index contributed by atoms with van der Waals surface area (Å²) in [5.41, 5.74) is 0.870. The first-order valence-corrected chi connectivity index (χ1v) is 6.65. The van der Waals surface area contributed by atoms with Gasteiger partial charge in [0.1, 0.15) is 5.52 Å². The molecule has 4 aromatic rings. The van der Waals surface area contributed by atoms with Crippen LogP contribution in [0.3, 0.4) is 0 Å². The van der Waals surface area contributed by atoms with E-state index >= 15 is 0 Å². The molecule has 4 aromatic heterocycles. The SMILES string of the molecule is COCCn1c(=O)[nH]c2nc3nc(-c4ccco4)ncc3n21. The number of hydrogen-bond acceptors (Lipinski definition) is 6. The van der Waals surface area contributed by atoms with E-state index in [1.54, 1.807) is 36.2 Å². The van der Waals surface area contributed by atoms with Crippen LogP contribution in [-0.2, 0) is 11.3 Å². The van der Waals surface area contributed by atoms with Crippen LogP contribution in [0, 0.1) is 0 Å². The monoisotopic (exact) mass is 300 g/mol. The Labute approximate surface area is 123 Å². The van der Waals surface area contributed by atoms with Gasteiger partial charge in [-0.15, -0.1) is 0 Å². The van der Waals surface area contributed by atoms with E-state index in [9.17, 15) is 4.79 Å². The normalized spacial score (nSPS) is 11.7. The minimum Gasteiger partial charge on any atom is -0.461 e. The summed E-state index contributed by atoms with van der Waals surface area (Å²) in [4.78, 5) is 27.6. The molecule has 0 saturated heterocycles. The van der Waals surface area contributed by atoms with Gasteiger partial charge >= 0.3 is 5.69 Å². The highest BCUT2D eigenvalue weighted by atomic mass is 16.5. The van der Waals surface area contributed by atoms with Crippen LogP contribution >= 0.6 is 0 Å². The van der Waals surface area contributed by atoms with Crippen molar-refractivity contribution in [1.82, 2.24) is 29.1 Å². The number of aromatic amines is 1. The summed E-state index contributed by atoms with van der Waals surface area (Å²) >= 11 is 0. The van der Waals surface area contributed by atoms with Crippen molar-refractivity contribution in [3.8, 4) is 11.6 Å². The highest BCUT2D eigenvalue weighted by molar-refractivity contribution is 5.75. The number of furan rings is 1. The van der Waals surface area contributed by atoms with E-state index < -0.39 is 0 Å². The van der Waals surface area contributed by atoms with Crippen LogP contribution < -0.4 is 5.69 Å². The Morgan fingerprint density at radius 1 is 1.41 bits per heavy atom. The number of methoxy groups -OCH3 is 1. The van der Waals surface area contributed by atoms with E-state index in [2.05, 4.69) is 19.9 Å². The Morgan fingerprint density at radius 2 is 2.32 bits per heavy atom. The zero-order chi connectivity index (χ0) is 15.1. The van der Waals surface area contributed by atoms with Crippen LogP contribution in [0.15, 0.2) is 33.8 Å². The Hall–Kier alpha value is -2.94. The summed E-state index contributed by atoms with van der Waals surface area (Å²) in [5, 5.41) is 0. The second kappa shape index (κ2) is 4.81. The van der Waals surface area contributed by atoms with Gasteiger partial charge in [0.2, 0.25) is 5.78 Å². The fourth-order valence-electron chi connectivity index (χ4n) is 2.34. The lowest BCUT2D eigenvalue weighted by Gasteiger charge is -2.02. The lowest BCUT2D eigenvalue weighted by molar-refractivity contribution is 0.181. The maximum atomic E-state index is 11.9.